The maximum Gasteiger partial charge on any atom is 0.188 e. The molecule has 0 saturated carbocycles. The van der Waals surface area contributed by atoms with Gasteiger partial charge in [-0.1, -0.05) is 59.7 Å². The predicted molar refractivity (Wildman–Crippen MR) is 90.4 cm³/mol. The highest BCUT2D eigenvalue weighted by molar-refractivity contribution is 6.05. The quantitative estimate of drug-likeness (QED) is 0.451. The van der Waals surface area contributed by atoms with Crippen molar-refractivity contribution in [2.45, 2.75) is 13.8 Å². The molecule has 0 aliphatic carbocycles. The molecule has 0 N–H and O–H groups in total. The van der Waals surface area contributed by atoms with E-state index in [-0.39, 0.29) is 11.6 Å². The fourth-order valence-electron chi connectivity index (χ4n) is 1.88. The standard InChI is InChI=1S/C20H18O3/c1-15-3-7-17(8-4-15)19(21)11-13-23-14-12-20(22)18-9-5-16(2)6-10-18/h3-14H,1-2H3/b13-11+,14-12+. The third-order valence-electron chi connectivity index (χ3n) is 3.27. The number of ketones is 2. The van der Waals surface area contributed by atoms with Crippen LogP contribution in [0.1, 0.15) is 31.8 Å². The molecule has 23 heavy (non-hydrogen) atoms. The highest BCUT2D eigenvalue weighted by Gasteiger charge is 2.01. The Morgan fingerprint density at radius 1 is 0.696 bits per heavy atom. The molecule has 2 aromatic rings. The molecule has 0 fully saturated rings. The number of hydrogen-bond donors (Lipinski definition) is 0. The van der Waals surface area contributed by atoms with Gasteiger partial charge in [-0.25, -0.2) is 0 Å². The summed E-state index contributed by atoms with van der Waals surface area (Å²) in [5.41, 5.74) is 3.38. The van der Waals surface area contributed by atoms with E-state index in [0.717, 1.165) is 11.1 Å². The predicted octanol–water partition coefficient (Wildman–Crippen LogP) is 4.41. The molecule has 0 unspecified atom stereocenters. The second-order valence-electron chi connectivity index (χ2n) is 5.20. The number of ether oxygens (including phenoxy) is 1. The van der Waals surface area contributed by atoms with Gasteiger partial charge in [0.1, 0.15) is 0 Å². The molecule has 0 aliphatic heterocycles. The van der Waals surface area contributed by atoms with Gasteiger partial charge in [0.25, 0.3) is 0 Å². The van der Waals surface area contributed by atoms with Gasteiger partial charge < -0.3 is 4.74 Å². The first kappa shape index (κ1) is 16.4. The van der Waals surface area contributed by atoms with Crippen LogP contribution in [0.2, 0.25) is 0 Å². The van der Waals surface area contributed by atoms with E-state index in [1.54, 1.807) is 24.3 Å². The van der Waals surface area contributed by atoms with Gasteiger partial charge in [-0.05, 0) is 13.8 Å². The van der Waals surface area contributed by atoms with Crippen LogP contribution in [0.15, 0.2) is 73.2 Å². The summed E-state index contributed by atoms with van der Waals surface area (Å²) in [5, 5.41) is 0. The van der Waals surface area contributed by atoms with E-state index in [9.17, 15) is 9.59 Å². The van der Waals surface area contributed by atoms with Gasteiger partial charge in [0, 0.05) is 23.3 Å². The second-order valence-corrected chi connectivity index (χ2v) is 5.20. The SMILES string of the molecule is Cc1ccc(C(=O)/C=C/O/C=C/C(=O)c2ccc(C)cc2)cc1. The lowest BCUT2D eigenvalue weighted by Crippen LogP contribution is -1.95. The number of allylic oxidation sites excluding steroid dienone is 2. The fourth-order valence-corrected chi connectivity index (χ4v) is 1.88. The van der Waals surface area contributed by atoms with Crippen LogP contribution in [-0.2, 0) is 4.74 Å². The molecular weight excluding hydrogens is 288 g/mol. The van der Waals surface area contributed by atoms with Crippen molar-refractivity contribution in [3.8, 4) is 0 Å². The molecule has 0 aromatic heterocycles. The van der Waals surface area contributed by atoms with E-state index < -0.39 is 0 Å². The molecule has 2 aromatic carbocycles. The maximum absolute atomic E-state index is 11.8. The molecule has 0 amide bonds. The van der Waals surface area contributed by atoms with Crippen molar-refractivity contribution in [2.75, 3.05) is 0 Å². The van der Waals surface area contributed by atoms with Gasteiger partial charge in [-0.15, -0.1) is 0 Å². The number of rotatable bonds is 6. The molecule has 0 saturated heterocycles. The topological polar surface area (TPSA) is 43.4 Å². The van der Waals surface area contributed by atoms with E-state index >= 15 is 0 Å². The zero-order valence-corrected chi connectivity index (χ0v) is 13.2. The number of carbonyl (C=O) groups is 2. The lowest BCUT2D eigenvalue weighted by Gasteiger charge is -1.97. The zero-order valence-electron chi connectivity index (χ0n) is 13.2. The largest absolute Gasteiger partial charge is 0.472 e. The van der Waals surface area contributed by atoms with Crippen LogP contribution in [0, 0.1) is 13.8 Å². The Bertz CT molecular complexity index is 670. The van der Waals surface area contributed by atoms with E-state index in [2.05, 4.69) is 0 Å². The van der Waals surface area contributed by atoms with Crippen molar-refractivity contribution in [1.82, 2.24) is 0 Å². The minimum Gasteiger partial charge on any atom is -0.472 e. The summed E-state index contributed by atoms with van der Waals surface area (Å²) in [5.74, 6) is -0.300. The summed E-state index contributed by atoms with van der Waals surface area (Å²) in [7, 11) is 0. The molecule has 0 radical (unpaired) electrons. The fraction of sp³-hybridized carbons (Fsp3) is 0.100. The highest BCUT2D eigenvalue weighted by atomic mass is 16.5. The molecule has 2 rings (SSSR count). The van der Waals surface area contributed by atoms with E-state index in [0.29, 0.717) is 11.1 Å². The van der Waals surface area contributed by atoms with Crippen molar-refractivity contribution in [3.05, 3.63) is 95.5 Å². The third kappa shape index (κ3) is 5.08. The lowest BCUT2D eigenvalue weighted by molar-refractivity contribution is 0.103. The van der Waals surface area contributed by atoms with Crippen LogP contribution in [0.4, 0.5) is 0 Å². The third-order valence-corrected chi connectivity index (χ3v) is 3.27. The summed E-state index contributed by atoms with van der Waals surface area (Å²) >= 11 is 0. The summed E-state index contributed by atoms with van der Waals surface area (Å²) in [4.78, 5) is 23.7. The normalized spacial score (nSPS) is 11.0. The molecule has 0 aliphatic rings. The van der Waals surface area contributed by atoms with Gasteiger partial charge in [0.05, 0.1) is 12.5 Å². The van der Waals surface area contributed by atoms with Crippen LogP contribution in [0.25, 0.3) is 0 Å². The van der Waals surface area contributed by atoms with Gasteiger partial charge in [0.15, 0.2) is 11.6 Å². The van der Waals surface area contributed by atoms with Crippen LogP contribution in [0.3, 0.4) is 0 Å². The van der Waals surface area contributed by atoms with Gasteiger partial charge in [0.2, 0.25) is 0 Å². The van der Waals surface area contributed by atoms with E-state index in [1.807, 2.05) is 38.1 Å². The Morgan fingerprint density at radius 3 is 1.39 bits per heavy atom. The van der Waals surface area contributed by atoms with Gasteiger partial charge in [-0.2, -0.15) is 0 Å². The minimum absolute atomic E-state index is 0.150. The smallest absolute Gasteiger partial charge is 0.188 e. The Balaban J connectivity index is 1.86. The number of hydrogen-bond acceptors (Lipinski definition) is 3. The van der Waals surface area contributed by atoms with E-state index in [1.165, 1.54) is 24.7 Å². The summed E-state index contributed by atoms with van der Waals surface area (Å²) in [6.07, 6.45) is 5.18. The monoisotopic (exact) mass is 306 g/mol. The van der Waals surface area contributed by atoms with Crippen LogP contribution in [-0.4, -0.2) is 11.6 Å². The summed E-state index contributed by atoms with van der Waals surface area (Å²) < 4.78 is 5.06. The average Bonchev–Trinajstić information content (AvgIpc) is 2.55. The van der Waals surface area contributed by atoms with Crippen molar-refractivity contribution < 1.29 is 14.3 Å². The molecule has 0 spiro atoms. The number of benzene rings is 2. The minimum atomic E-state index is -0.150. The van der Waals surface area contributed by atoms with Crippen molar-refractivity contribution in [2.24, 2.45) is 0 Å². The first-order chi connectivity index (χ1) is 11.1. The van der Waals surface area contributed by atoms with Crippen molar-refractivity contribution >= 4 is 11.6 Å². The number of carbonyl (C=O) groups excluding carboxylic acids is 2. The first-order valence-corrected chi connectivity index (χ1v) is 7.27. The first-order valence-electron chi connectivity index (χ1n) is 7.27. The molecule has 0 heterocycles. The second kappa shape index (κ2) is 7.90. The Morgan fingerprint density at radius 2 is 1.04 bits per heavy atom. The van der Waals surface area contributed by atoms with E-state index in [4.69, 9.17) is 4.74 Å². The molecule has 116 valence electrons. The highest BCUT2D eigenvalue weighted by Crippen LogP contribution is 2.06. The van der Waals surface area contributed by atoms with Gasteiger partial charge in [-0.3, -0.25) is 9.59 Å². The zero-order chi connectivity index (χ0) is 16.7. The van der Waals surface area contributed by atoms with Crippen molar-refractivity contribution in [1.29, 1.82) is 0 Å². The Kier molecular flexibility index (Phi) is 5.64. The maximum atomic E-state index is 11.8. The summed E-state index contributed by atoms with van der Waals surface area (Å²) in [6, 6.07) is 14.6. The Labute approximate surface area is 135 Å². The summed E-state index contributed by atoms with van der Waals surface area (Å²) in [6.45, 7) is 3.92. The molecule has 0 atom stereocenters. The van der Waals surface area contributed by atoms with Crippen LogP contribution in [0.5, 0.6) is 0 Å². The molecular formula is C20H18O3. The molecule has 3 heteroatoms. The van der Waals surface area contributed by atoms with Crippen LogP contribution < -0.4 is 0 Å². The lowest BCUT2D eigenvalue weighted by atomic mass is 10.1. The van der Waals surface area contributed by atoms with Gasteiger partial charge >= 0.3 is 0 Å². The van der Waals surface area contributed by atoms with Crippen LogP contribution >= 0.6 is 0 Å². The average molecular weight is 306 g/mol. The Hall–Kier alpha value is -2.94. The molecule has 3 nitrogen and oxygen atoms in total. The van der Waals surface area contributed by atoms with Crippen molar-refractivity contribution in [3.63, 3.8) is 0 Å². The molecule has 0 bridgehead atoms. The number of aryl methyl sites for hydroxylation is 2.